The zero-order chi connectivity index (χ0) is 12.4. The van der Waals surface area contributed by atoms with Crippen molar-refractivity contribution in [3.63, 3.8) is 0 Å². The molecule has 1 saturated heterocycles. The molecule has 17 heavy (non-hydrogen) atoms. The normalized spacial score (nSPS) is 28.8. The fourth-order valence-electron chi connectivity index (χ4n) is 3.14. The van der Waals surface area contributed by atoms with Gasteiger partial charge in [0.05, 0.1) is 17.3 Å². The molecule has 0 radical (unpaired) electrons. The van der Waals surface area contributed by atoms with E-state index in [-0.39, 0.29) is 5.60 Å². The summed E-state index contributed by atoms with van der Waals surface area (Å²) in [5, 5.41) is 12.9. The minimum absolute atomic E-state index is 0.222. The predicted octanol–water partition coefficient (Wildman–Crippen LogP) is 2.23. The highest BCUT2D eigenvalue weighted by atomic mass is 16.5. The van der Waals surface area contributed by atoms with Crippen molar-refractivity contribution < 1.29 is 9.84 Å². The maximum absolute atomic E-state index is 9.63. The molecular formula is C14H27NO2. The Labute approximate surface area is 105 Å². The van der Waals surface area contributed by atoms with Gasteiger partial charge in [-0.2, -0.15) is 0 Å². The summed E-state index contributed by atoms with van der Waals surface area (Å²) in [7, 11) is 0. The minimum Gasteiger partial charge on any atom is -0.389 e. The van der Waals surface area contributed by atoms with Crippen LogP contribution in [0.15, 0.2) is 0 Å². The lowest BCUT2D eigenvalue weighted by atomic mass is 9.83. The second kappa shape index (κ2) is 5.25. The summed E-state index contributed by atoms with van der Waals surface area (Å²) in [5.41, 5.74) is -0.402. The smallest absolute Gasteiger partial charge is 0.0715 e. The van der Waals surface area contributed by atoms with Crippen LogP contribution in [0, 0.1) is 0 Å². The Morgan fingerprint density at radius 3 is 2.59 bits per heavy atom. The van der Waals surface area contributed by atoms with Crippen LogP contribution in [0.1, 0.15) is 58.8 Å². The van der Waals surface area contributed by atoms with Crippen molar-refractivity contribution in [2.24, 2.45) is 0 Å². The molecule has 1 aliphatic carbocycles. The summed E-state index contributed by atoms with van der Waals surface area (Å²) >= 11 is 0. The Morgan fingerprint density at radius 1 is 1.24 bits per heavy atom. The average Bonchev–Trinajstić information content (AvgIpc) is 2.61. The van der Waals surface area contributed by atoms with E-state index in [0.29, 0.717) is 12.6 Å². The third kappa shape index (κ3) is 3.94. The van der Waals surface area contributed by atoms with Crippen LogP contribution in [0.5, 0.6) is 0 Å². The molecule has 2 aliphatic rings. The third-order valence-corrected chi connectivity index (χ3v) is 4.03. The molecule has 1 spiro atoms. The molecule has 1 heterocycles. The second-order valence-electron chi connectivity index (χ2n) is 6.47. The van der Waals surface area contributed by atoms with Gasteiger partial charge in [-0.15, -0.1) is 0 Å². The Kier molecular flexibility index (Phi) is 4.11. The molecule has 100 valence electrons. The minimum atomic E-state index is -0.624. The van der Waals surface area contributed by atoms with Crippen LogP contribution in [0.3, 0.4) is 0 Å². The number of aliphatic hydroxyl groups is 1. The van der Waals surface area contributed by atoms with E-state index in [1.54, 1.807) is 0 Å². The number of ether oxygens (including phenoxy) is 1. The van der Waals surface area contributed by atoms with E-state index in [1.165, 1.54) is 44.9 Å². The van der Waals surface area contributed by atoms with Crippen molar-refractivity contribution >= 4 is 0 Å². The van der Waals surface area contributed by atoms with E-state index in [9.17, 15) is 5.11 Å². The molecule has 3 heteroatoms. The van der Waals surface area contributed by atoms with Crippen molar-refractivity contribution in [2.45, 2.75) is 76.1 Å². The topological polar surface area (TPSA) is 41.5 Å². The zero-order valence-corrected chi connectivity index (χ0v) is 11.3. The summed E-state index contributed by atoms with van der Waals surface area (Å²) in [6.45, 7) is 5.18. The molecule has 1 atom stereocenters. The molecule has 0 amide bonds. The quantitative estimate of drug-likeness (QED) is 0.793. The summed E-state index contributed by atoms with van der Waals surface area (Å²) in [5.74, 6) is 0. The van der Waals surface area contributed by atoms with E-state index in [0.717, 1.165) is 6.54 Å². The Balaban J connectivity index is 1.70. The maximum Gasteiger partial charge on any atom is 0.0715 e. The number of rotatable bonds is 4. The summed E-state index contributed by atoms with van der Waals surface area (Å²) in [6.07, 6.45) is 9.35. The van der Waals surface area contributed by atoms with Crippen molar-refractivity contribution in [3.8, 4) is 0 Å². The van der Waals surface area contributed by atoms with Crippen LogP contribution in [0.4, 0.5) is 0 Å². The van der Waals surface area contributed by atoms with Gasteiger partial charge >= 0.3 is 0 Å². The highest BCUT2D eigenvalue weighted by Crippen LogP contribution is 2.41. The highest BCUT2D eigenvalue weighted by Gasteiger charge is 2.40. The van der Waals surface area contributed by atoms with Crippen LogP contribution >= 0.6 is 0 Å². The fraction of sp³-hybridized carbons (Fsp3) is 1.00. The average molecular weight is 241 g/mol. The first-order valence-corrected chi connectivity index (χ1v) is 7.10. The fourth-order valence-corrected chi connectivity index (χ4v) is 3.14. The van der Waals surface area contributed by atoms with Crippen molar-refractivity contribution in [3.05, 3.63) is 0 Å². The molecule has 0 aromatic heterocycles. The van der Waals surface area contributed by atoms with E-state index in [4.69, 9.17) is 4.74 Å². The van der Waals surface area contributed by atoms with E-state index < -0.39 is 5.60 Å². The molecule has 3 nitrogen and oxygen atoms in total. The number of hydrogen-bond donors (Lipinski definition) is 2. The van der Waals surface area contributed by atoms with E-state index in [1.807, 2.05) is 13.8 Å². The van der Waals surface area contributed by atoms with Crippen LogP contribution in [-0.4, -0.2) is 35.5 Å². The first kappa shape index (κ1) is 13.3. The van der Waals surface area contributed by atoms with Gasteiger partial charge in [0.2, 0.25) is 0 Å². The first-order chi connectivity index (χ1) is 7.99. The lowest BCUT2D eigenvalue weighted by molar-refractivity contribution is -0.0633. The summed E-state index contributed by atoms with van der Waals surface area (Å²) < 4.78 is 6.26. The second-order valence-corrected chi connectivity index (χ2v) is 6.47. The van der Waals surface area contributed by atoms with Crippen molar-refractivity contribution in [1.82, 2.24) is 5.32 Å². The number of hydrogen-bond acceptors (Lipinski definition) is 3. The van der Waals surface area contributed by atoms with Gasteiger partial charge in [0.25, 0.3) is 0 Å². The first-order valence-electron chi connectivity index (χ1n) is 7.10. The van der Waals surface area contributed by atoms with Gasteiger partial charge in [-0.1, -0.05) is 19.3 Å². The molecule has 1 aliphatic heterocycles. The molecule has 2 rings (SSSR count). The van der Waals surface area contributed by atoms with Gasteiger partial charge in [0, 0.05) is 13.1 Å². The zero-order valence-electron chi connectivity index (χ0n) is 11.3. The lowest BCUT2D eigenvalue weighted by Gasteiger charge is -2.33. The van der Waals surface area contributed by atoms with Crippen LogP contribution in [0.2, 0.25) is 0 Å². The molecule has 1 unspecified atom stereocenters. The van der Waals surface area contributed by atoms with Gasteiger partial charge < -0.3 is 15.2 Å². The predicted molar refractivity (Wildman–Crippen MR) is 69.1 cm³/mol. The number of nitrogens with one attached hydrogen (secondary N) is 1. The molecule has 0 aromatic carbocycles. The Morgan fingerprint density at radius 2 is 1.94 bits per heavy atom. The largest absolute Gasteiger partial charge is 0.389 e. The van der Waals surface area contributed by atoms with Gasteiger partial charge in [0.1, 0.15) is 0 Å². The van der Waals surface area contributed by atoms with Crippen LogP contribution in [0.25, 0.3) is 0 Å². The van der Waals surface area contributed by atoms with Crippen molar-refractivity contribution in [1.29, 1.82) is 0 Å². The van der Waals surface area contributed by atoms with Crippen LogP contribution in [-0.2, 0) is 4.74 Å². The van der Waals surface area contributed by atoms with Gasteiger partial charge in [-0.3, -0.25) is 0 Å². The summed E-state index contributed by atoms with van der Waals surface area (Å²) in [4.78, 5) is 0. The Bertz CT molecular complexity index is 241. The van der Waals surface area contributed by atoms with E-state index >= 15 is 0 Å². The van der Waals surface area contributed by atoms with Gasteiger partial charge in [-0.25, -0.2) is 0 Å². The van der Waals surface area contributed by atoms with E-state index in [2.05, 4.69) is 5.32 Å². The SMILES string of the molecule is CC(C)(O)CNCC1CCC2(CCCCC2)O1. The molecule has 0 bridgehead atoms. The van der Waals surface area contributed by atoms with Gasteiger partial charge in [0.15, 0.2) is 0 Å². The molecule has 2 N–H and O–H groups in total. The summed E-state index contributed by atoms with van der Waals surface area (Å²) in [6, 6.07) is 0. The maximum atomic E-state index is 9.63. The third-order valence-electron chi connectivity index (χ3n) is 4.03. The van der Waals surface area contributed by atoms with Crippen LogP contribution < -0.4 is 5.32 Å². The monoisotopic (exact) mass is 241 g/mol. The Hall–Kier alpha value is -0.120. The molecular weight excluding hydrogens is 214 g/mol. The van der Waals surface area contributed by atoms with Gasteiger partial charge in [-0.05, 0) is 39.5 Å². The standard InChI is InChI=1S/C14H27NO2/c1-13(2,16)11-15-10-12-6-9-14(17-12)7-4-3-5-8-14/h12,15-16H,3-11H2,1-2H3. The molecule has 2 fully saturated rings. The van der Waals surface area contributed by atoms with Crippen molar-refractivity contribution in [2.75, 3.05) is 13.1 Å². The highest BCUT2D eigenvalue weighted by molar-refractivity contribution is 4.91. The molecule has 1 saturated carbocycles. The lowest BCUT2D eigenvalue weighted by Crippen LogP contribution is -2.39. The molecule has 0 aromatic rings.